The van der Waals surface area contributed by atoms with Gasteiger partial charge in [-0.05, 0) is 26.8 Å². The number of nitrogens with zero attached hydrogens (tertiary/aromatic N) is 1. The maximum atomic E-state index is 11.7. The van der Waals surface area contributed by atoms with Gasteiger partial charge in [0.25, 0.3) is 0 Å². The van der Waals surface area contributed by atoms with Gasteiger partial charge in [0.15, 0.2) is 0 Å². The Labute approximate surface area is 74.1 Å². The Morgan fingerprint density at radius 2 is 2.33 bits per heavy atom. The minimum atomic E-state index is 0.204. The van der Waals surface area contributed by atoms with E-state index in [1.54, 1.807) is 4.90 Å². The second kappa shape index (κ2) is 3.90. The number of hydrogen-bond donors (Lipinski definition) is 1. The standard InChI is InChI=1S/C9H18N2O/c1-4-11(3)9(12)8-5-6-10-7(8)2/h7-8,10H,4-6H2,1-3H3. The van der Waals surface area contributed by atoms with Crippen molar-refractivity contribution in [2.24, 2.45) is 5.92 Å². The molecule has 0 aliphatic carbocycles. The number of hydrogen-bond acceptors (Lipinski definition) is 2. The third kappa shape index (κ3) is 1.78. The maximum Gasteiger partial charge on any atom is 0.227 e. The Bertz CT molecular complexity index is 170. The molecule has 0 aromatic carbocycles. The smallest absolute Gasteiger partial charge is 0.227 e. The van der Waals surface area contributed by atoms with E-state index >= 15 is 0 Å². The lowest BCUT2D eigenvalue weighted by molar-refractivity contribution is -0.134. The van der Waals surface area contributed by atoms with Gasteiger partial charge >= 0.3 is 0 Å². The van der Waals surface area contributed by atoms with Crippen LogP contribution in [0.4, 0.5) is 0 Å². The molecule has 0 bridgehead atoms. The summed E-state index contributed by atoms with van der Waals surface area (Å²) in [4.78, 5) is 13.5. The van der Waals surface area contributed by atoms with Crippen molar-refractivity contribution in [3.8, 4) is 0 Å². The Balaban J connectivity index is 2.51. The van der Waals surface area contributed by atoms with E-state index in [0.717, 1.165) is 19.5 Å². The van der Waals surface area contributed by atoms with Crippen molar-refractivity contribution in [3.05, 3.63) is 0 Å². The van der Waals surface area contributed by atoms with Crippen LogP contribution < -0.4 is 5.32 Å². The fourth-order valence-electron chi connectivity index (χ4n) is 1.64. The molecule has 0 aromatic rings. The SMILES string of the molecule is CCN(C)C(=O)C1CCNC1C. The summed E-state index contributed by atoms with van der Waals surface area (Å²) in [6, 6.07) is 0.353. The summed E-state index contributed by atoms with van der Waals surface area (Å²) in [7, 11) is 1.87. The zero-order chi connectivity index (χ0) is 9.14. The normalized spacial score (nSPS) is 28.9. The summed E-state index contributed by atoms with van der Waals surface area (Å²) in [5.74, 6) is 0.491. The lowest BCUT2D eigenvalue weighted by Crippen LogP contribution is -2.37. The van der Waals surface area contributed by atoms with Crippen molar-refractivity contribution >= 4 is 5.91 Å². The molecule has 3 nitrogen and oxygen atoms in total. The van der Waals surface area contributed by atoms with Crippen LogP contribution in [0, 0.1) is 5.92 Å². The Kier molecular flexibility index (Phi) is 3.09. The van der Waals surface area contributed by atoms with Gasteiger partial charge in [-0.25, -0.2) is 0 Å². The molecule has 1 amide bonds. The van der Waals surface area contributed by atoms with E-state index in [1.165, 1.54) is 0 Å². The average Bonchev–Trinajstić information content (AvgIpc) is 2.48. The molecular formula is C9H18N2O. The lowest BCUT2D eigenvalue weighted by Gasteiger charge is -2.21. The fourth-order valence-corrected chi connectivity index (χ4v) is 1.64. The molecule has 1 rings (SSSR count). The summed E-state index contributed by atoms with van der Waals surface area (Å²) < 4.78 is 0. The van der Waals surface area contributed by atoms with Gasteiger partial charge in [0, 0.05) is 19.6 Å². The van der Waals surface area contributed by atoms with Gasteiger partial charge in [-0.2, -0.15) is 0 Å². The van der Waals surface area contributed by atoms with Crippen LogP contribution >= 0.6 is 0 Å². The monoisotopic (exact) mass is 170 g/mol. The molecule has 1 heterocycles. The highest BCUT2D eigenvalue weighted by atomic mass is 16.2. The van der Waals surface area contributed by atoms with Crippen LogP contribution in [0.5, 0.6) is 0 Å². The van der Waals surface area contributed by atoms with E-state index in [1.807, 2.05) is 14.0 Å². The quantitative estimate of drug-likeness (QED) is 0.653. The largest absolute Gasteiger partial charge is 0.346 e. The van der Waals surface area contributed by atoms with Crippen molar-refractivity contribution in [1.82, 2.24) is 10.2 Å². The van der Waals surface area contributed by atoms with Crippen LogP contribution in [0.1, 0.15) is 20.3 Å². The van der Waals surface area contributed by atoms with Crippen molar-refractivity contribution in [2.45, 2.75) is 26.3 Å². The molecule has 3 heteroatoms. The maximum absolute atomic E-state index is 11.7. The zero-order valence-corrected chi connectivity index (χ0v) is 8.13. The number of carbonyl (C=O) groups is 1. The number of amides is 1. The summed E-state index contributed by atoms with van der Waals surface area (Å²) >= 11 is 0. The highest BCUT2D eigenvalue weighted by Crippen LogP contribution is 2.17. The van der Waals surface area contributed by atoms with Crippen molar-refractivity contribution < 1.29 is 4.79 Å². The van der Waals surface area contributed by atoms with Gasteiger partial charge in [0.1, 0.15) is 0 Å². The summed E-state index contributed by atoms with van der Waals surface area (Å²) in [6.07, 6.45) is 0.990. The van der Waals surface area contributed by atoms with E-state index in [2.05, 4.69) is 12.2 Å². The molecule has 70 valence electrons. The van der Waals surface area contributed by atoms with E-state index < -0.39 is 0 Å². The Hall–Kier alpha value is -0.570. The first kappa shape index (κ1) is 9.52. The van der Waals surface area contributed by atoms with Gasteiger partial charge in [-0.15, -0.1) is 0 Å². The molecule has 12 heavy (non-hydrogen) atoms. The molecule has 1 saturated heterocycles. The predicted octanol–water partition coefficient (Wildman–Crippen LogP) is 0.463. The van der Waals surface area contributed by atoms with E-state index in [0.29, 0.717) is 6.04 Å². The van der Waals surface area contributed by atoms with Crippen LogP contribution in [-0.2, 0) is 4.79 Å². The third-order valence-electron chi connectivity index (χ3n) is 2.69. The van der Waals surface area contributed by atoms with Gasteiger partial charge in [0.2, 0.25) is 5.91 Å². The van der Waals surface area contributed by atoms with E-state index in [9.17, 15) is 4.79 Å². The molecule has 0 spiro atoms. The molecule has 0 saturated carbocycles. The molecule has 1 aliphatic rings. The second-order valence-electron chi connectivity index (χ2n) is 3.49. The molecule has 1 aliphatic heterocycles. The Morgan fingerprint density at radius 3 is 2.75 bits per heavy atom. The van der Waals surface area contributed by atoms with Crippen LogP contribution in [0.3, 0.4) is 0 Å². The average molecular weight is 170 g/mol. The predicted molar refractivity (Wildman–Crippen MR) is 48.9 cm³/mol. The van der Waals surface area contributed by atoms with Crippen LogP contribution in [0.25, 0.3) is 0 Å². The highest BCUT2D eigenvalue weighted by Gasteiger charge is 2.30. The first-order valence-corrected chi connectivity index (χ1v) is 4.65. The summed E-state index contributed by atoms with van der Waals surface area (Å²) in [5, 5.41) is 3.28. The van der Waals surface area contributed by atoms with Crippen molar-refractivity contribution in [1.29, 1.82) is 0 Å². The molecule has 2 unspecified atom stereocenters. The Morgan fingerprint density at radius 1 is 1.67 bits per heavy atom. The molecule has 2 atom stereocenters. The minimum absolute atomic E-state index is 0.204. The van der Waals surface area contributed by atoms with Crippen LogP contribution in [-0.4, -0.2) is 37.0 Å². The van der Waals surface area contributed by atoms with Crippen molar-refractivity contribution in [2.75, 3.05) is 20.1 Å². The third-order valence-corrected chi connectivity index (χ3v) is 2.69. The summed E-state index contributed by atoms with van der Waals surface area (Å²) in [5.41, 5.74) is 0. The second-order valence-corrected chi connectivity index (χ2v) is 3.49. The number of rotatable bonds is 2. The highest BCUT2D eigenvalue weighted by molar-refractivity contribution is 5.79. The topological polar surface area (TPSA) is 32.3 Å². The first-order chi connectivity index (χ1) is 5.66. The first-order valence-electron chi connectivity index (χ1n) is 4.65. The van der Waals surface area contributed by atoms with E-state index in [4.69, 9.17) is 0 Å². The molecule has 1 fully saturated rings. The van der Waals surface area contributed by atoms with Crippen molar-refractivity contribution in [3.63, 3.8) is 0 Å². The number of carbonyl (C=O) groups excluding carboxylic acids is 1. The van der Waals surface area contributed by atoms with Crippen LogP contribution in [0.2, 0.25) is 0 Å². The number of nitrogens with one attached hydrogen (secondary N) is 1. The molecular weight excluding hydrogens is 152 g/mol. The zero-order valence-electron chi connectivity index (χ0n) is 8.13. The van der Waals surface area contributed by atoms with Gasteiger partial charge in [-0.3, -0.25) is 4.79 Å². The van der Waals surface area contributed by atoms with Gasteiger partial charge < -0.3 is 10.2 Å². The lowest BCUT2D eigenvalue weighted by atomic mass is 10.0. The molecule has 1 N–H and O–H groups in total. The molecule has 0 radical (unpaired) electrons. The van der Waals surface area contributed by atoms with Crippen LogP contribution in [0.15, 0.2) is 0 Å². The minimum Gasteiger partial charge on any atom is -0.346 e. The van der Waals surface area contributed by atoms with Gasteiger partial charge in [-0.1, -0.05) is 0 Å². The van der Waals surface area contributed by atoms with Gasteiger partial charge in [0.05, 0.1) is 5.92 Å². The summed E-state index contributed by atoms with van der Waals surface area (Å²) in [6.45, 7) is 5.88. The fraction of sp³-hybridized carbons (Fsp3) is 0.889. The van der Waals surface area contributed by atoms with E-state index in [-0.39, 0.29) is 11.8 Å². The molecule has 0 aromatic heterocycles.